The largest absolute Gasteiger partial charge is 0.354 e. The van der Waals surface area contributed by atoms with E-state index in [1.807, 2.05) is 38.1 Å². The van der Waals surface area contributed by atoms with Gasteiger partial charge in [-0.2, -0.15) is 0 Å². The van der Waals surface area contributed by atoms with E-state index in [1.165, 1.54) is 12.1 Å². The number of hydrogen-bond acceptors (Lipinski definition) is 4. The van der Waals surface area contributed by atoms with Crippen molar-refractivity contribution in [1.29, 1.82) is 0 Å². The van der Waals surface area contributed by atoms with Gasteiger partial charge in [-0.25, -0.2) is 9.37 Å². The maximum absolute atomic E-state index is 13.0. The van der Waals surface area contributed by atoms with E-state index in [9.17, 15) is 9.18 Å². The van der Waals surface area contributed by atoms with Crippen LogP contribution in [0.15, 0.2) is 42.6 Å². The first-order chi connectivity index (χ1) is 13.0. The van der Waals surface area contributed by atoms with Crippen LogP contribution < -0.4 is 10.2 Å². The molecule has 6 heteroatoms. The number of halogens is 1. The summed E-state index contributed by atoms with van der Waals surface area (Å²) in [6, 6.07) is 10.6. The molecule has 1 aromatic heterocycles. The number of nitrogens with one attached hydrogen (secondary N) is 1. The molecule has 0 unspecified atom stereocenters. The van der Waals surface area contributed by atoms with E-state index in [0.29, 0.717) is 12.3 Å². The van der Waals surface area contributed by atoms with Crippen molar-refractivity contribution in [2.24, 2.45) is 5.92 Å². The molecule has 0 radical (unpaired) electrons. The highest BCUT2D eigenvalue weighted by Crippen LogP contribution is 2.18. The number of pyridine rings is 1. The summed E-state index contributed by atoms with van der Waals surface area (Å²) < 4.78 is 13.0. The number of amides is 1. The summed E-state index contributed by atoms with van der Waals surface area (Å²) in [4.78, 5) is 21.0. The smallest absolute Gasteiger partial charge is 0.224 e. The third-order valence-corrected chi connectivity index (χ3v) is 4.64. The average Bonchev–Trinajstić information content (AvgIpc) is 2.64. The number of hydrogen-bond donors (Lipinski definition) is 1. The topological polar surface area (TPSA) is 48.5 Å². The zero-order valence-corrected chi connectivity index (χ0v) is 16.0. The number of nitrogens with zero attached hydrogens (tertiary/aromatic N) is 3. The van der Waals surface area contributed by atoms with Gasteiger partial charge in [-0.15, -0.1) is 0 Å². The first-order valence-electron chi connectivity index (χ1n) is 9.47. The molecule has 144 valence electrons. The second-order valence-electron chi connectivity index (χ2n) is 7.44. The standard InChI is InChI=1S/C21H27FN4O/c1-16(2)13-21(27)24-19-7-8-20(23-14-19)26-11-9-25(10-12-26)15-17-3-5-18(22)6-4-17/h3-8,14,16H,9-13,15H2,1-2H3,(H,24,27). The van der Waals surface area contributed by atoms with Crippen LogP contribution in [-0.4, -0.2) is 42.0 Å². The molecule has 5 nitrogen and oxygen atoms in total. The van der Waals surface area contributed by atoms with Crippen LogP contribution >= 0.6 is 0 Å². The Morgan fingerprint density at radius 2 is 1.81 bits per heavy atom. The van der Waals surface area contributed by atoms with Gasteiger partial charge in [0.05, 0.1) is 11.9 Å². The lowest BCUT2D eigenvalue weighted by atomic mass is 10.1. The number of carbonyl (C=O) groups excluding carboxylic acids is 1. The molecule has 0 saturated carbocycles. The lowest BCUT2D eigenvalue weighted by molar-refractivity contribution is -0.116. The molecule has 2 aromatic rings. The molecular formula is C21H27FN4O. The van der Waals surface area contributed by atoms with Gasteiger partial charge in [0.25, 0.3) is 0 Å². The minimum atomic E-state index is -0.196. The Hall–Kier alpha value is -2.47. The molecule has 0 spiro atoms. The van der Waals surface area contributed by atoms with Crippen molar-refractivity contribution in [3.8, 4) is 0 Å². The van der Waals surface area contributed by atoms with Gasteiger partial charge in [-0.3, -0.25) is 9.69 Å². The lowest BCUT2D eigenvalue weighted by Crippen LogP contribution is -2.46. The summed E-state index contributed by atoms with van der Waals surface area (Å²) in [5.41, 5.74) is 1.86. The number of piperazine rings is 1. The fraction of sp³-hybridized carbons (Fsp3) is 0.429. The fourth-order valence-corrected chi connectivity index (χ4v) is 3.21. The minimum absolute atomic E-state index is 0.0222. The van der Waals surface area contributed by atoms with Crippen molar-refractivity contribution in [3.05, 3.63) is 54.0 Å². The zero-order chi connectivity index (χ0) is 19.2. The monoisotopic (exact) mass is 370 g/mol. The Bertz CT molecular complexity index is 738. The van der Waals surface area contributed by atoms with Gasteiger partial charge in [0, 0.05) is 39.1 Å². The minimum Gasteiger partial charge on any atom is -0.354 e. The molecule has 1 fully saturated rings. The molecule has 1 aliphatic heterocycles. The Labute approximate surface area is 160 Å². The zero-order valence-electron chi connectivity index (χ0n) is 16.0. The van der Waals surface area contributed by atoms with Crippen LogP contribution in [0.4, 0.5) is 15.9 Å². The van der Waals surface area contributed by atoms with Gasteiger partial charge in [0.2, 0.25) is 5.91 Å². The summed E-state index contributed by atoms with van der Waals surface area (Å²) >= 11 is 0. The fourth-order valence-electron chi connectivity index (χ4n) is 3.21. The van der Waals surface area contributed by atoms with Crippen molar-refractivity contribution in [2.75, 3.05) is 36.4 Å². The van der Waals surface area contributed by atoms with Crippen molar-refractivity contribution < 1.29 is 9.18 Å². The van der Waals surface area contributed by atoms with Gasteiger partial charge in [0.1, 0.15) is 11.6 Å². The van der Waals surface area contributed by atoms with Crippen molar-refractivity contribution >= 4 is 17.4 Å². The number of benzene rings is 1. The molecule has 1 amide bonds. The molecule has 1 aromatic carbocycles. The quantitative estimate of drug-likeness (QED) is 0.845. The molecular weight excluding hydrogens is 343 g/mol. The van der Waals surface area contributed by atoms with E-state index >= 15 is 0 Å². The second kappa shape index (κ2) is 8.95. The Morgan fingerprint density at radius 1 is 1.11 bits per heavy atom. The van der Waals surface area contributed by atoms with Crippen LogP contribution in [-0.2, 0) is 11.3 Å². The SMILES string of the molecule is CC(C)CC(=O)Nc1ccc(N2CCN(Cc3ccc(F)cc3)CC2)nc1. The predicted molar refractivity (Wildman–Crippen MR) is 106 cm³/mol. The molecule has 3 rings (SSSR count). The van der Waals surface area contributed by atoms with Crippen LogP contribution in [0.1, 0.15) is 25.8 Å². The molecule has 1 aliphatic rings. The summed E-state index contributed by atoms with van der Waals surface area (Å²) in [5.74, 6) is 1.09. The third-order valence-electron chi connectivity index (χ3n) is 4.64. The maximum atomic E-state index is 13.0. The number of anilines is 2. The average molecular weight is 370 g/mol. The molecule has 0 bridgehead atoms. The summed E-state index contributed by atoms with van der Waals surface area (Å²) in [6.07, 6.45) is 2.23. The van der Waals surface area contributed by atoms with Gasteiger partial charge in [0.15, 0.2) is 0 Å². The Kier molecular flexibility index (Phi) is 6.40. The van der Waals surface area contributed by atoms with Crippen LogP contribution in [0.2, 0.25) is 0 Å². The van der Waals surface area contributed by atoms with Crippen molar-refractivity contribution in [2.45, 2.75) is 26.8 Å². The van der Waals surface area contributed by atoms with Crippen LogP contribution in [0.5, 0.6) is 0 Å². The molecule has 0 atom stereocenters. The van der Waals surface area contributed by atoms with E-state index in [1.54, 1.807) is 6.20 Å². The highest BCUT2D eigenvalue weighted by atomic mass is 19.1. The van der Waals surface area contributed by atoms with E-state index in [4.69, 9.17) is 0 Å². The molecule has 1 saturated heterocycles. The highest BCUT2D eigenvalue weighted by Gasteiger charge is 2.18. The molecule has 0 aliphatic carbocycles. The van der Waals surface area contributed by atoms with Crippen molar-refractivity contribution in [1.82, 2.24) is 9.88 Å². The predicted octanol–water partition coefficient (Wildman–Crippen LogP) is 3.53. The van der Waals surface area contributed by atoms with Gasteiger partial charge in [-0.1, -0.05) is 26.0 Å². The Balaban J connectivity index is 1.49. The summed E-state index contributed by atoms with van der Waals surface area (Å²) in [6.45, 7) is 8.55. The van der Waals surface area contributed by atoms with E-state index in [0.717, 1.165) is 49.8 Å². The molecule has 27 heavy (non-hydrogen) atoms. The maximum Gasteiger partial charge on any atom is 0.224 e. The van der Waals surface area contributed by atoms with Gasteiger partial charge < -0.3 is 10.2 Å². The van der Waals surface area contributed by atoms with E-state index in [-0.39, 0.29) is 11.7 Å². The first kappa shape index (κ1) is 19.3. The molecule has 2 heterocycles. The van der Waals surface area contributed by atoms with E-state index < -0.39 is 0 Å². The third kappa shape index (κ3) is 5.76. The van der Waals surface area contributed by atoms with Crippen LogP contribution in [0, 0.1) is 11.7 Å². The summed E-state index contributed by atoms with van der Waals surface area (Å²) in [5, 5.41) is 2.89. The van der Waals surface area contributed by atoms with Crippen LogP contribution in [0.3, 0.4) is 0 Å². The van der Waals surface area contributed by atoms with Gasteiger partial charge in [-0.05, 0) is 35.7 Å². The summed E-state index contributed by atoms with van der Waals surface area (Å²) in [7, 11) is 0. The van der Waals surface area contributed by atoms with Gasteiger partial charge >= 0.3 is 0 Å². The van der Waals surface area contributed by atoms with E-state index in [2.05, 4.69) is 20.1 Å². The Morgan fingerprint density at radius 3 is 2.41 bits per heavy atom. The second-order valence-corrected chi connectivity index (χ2v) is 7.44. The van der Waals surface area contributed by atoms with Crippen molar-refractivity contribution in [3.63, 3.8) is 0 Å². The van der Waals surface area contributed by atoms with Crippen LogP contribution in [0.25, 0.3) is 0 Å². The normalized spacial score (nSPS) is 15.2. The number of carbonyl (C=O) groups is 1. The molecule has 1 N–H and O–H groups in total. The lowest BCUT2D eigenvalue weighted by Gasteiger charge is -2.35. The highest BCUT2D eigenvalue weighted by molar-refractivity contribution is 5.90. The number of rotatable bonds is 6. The first-order valence-corrected chi connectivity index (χ1v) is 9.47. The number of aromatic nitrogens is 1.